The lowest BCUT2D eigenvalue weighted by atomic mass is 10.0. The number of nitrogens with one attached hydrogen (secondary N) is 1. The number of rotatable bonds is 5. The van der Waals surface area contributed by atoms with Crippen LogP contribution >= 0.6 is 0 Å². The maximum atomic E-state index is 12.2. The lowest BCUT2D eigenvalue weighted by Gasteiger charge is -2.14. The topological polar surface area (TPSA) is 62.2 Å². The number of aliphatic hydroxyl groups excluding tert-OH is 1. The van der Waals surface area contributed by atoms with Crippen LogP contribution in [0.15, 0.2) is 91.0 Å². The fourth-order valence-electron chi connectivity index (χ4n) is 3.13. The van der Waals surface area contributed by atoms with Crippen LogP contribution in [0.4, 0.5) is 0 Å². The molecule has 138 valence electrons. The second kappa shape index (κ2) is 8.03. The van der Waals surface area contributed by atoms with Crippen LogP contribution in [-0.4, -0.2) is 22.5 Å². The van der Waals surface area contributed by atoms with Crippen molar-refractivity contribution in [2.24, 2.45) is 0 Å². The number of nitrogens with zero attached hydrogens (tertiary/aromatic N) is 1. The molecule has 3 aromatic carbocycles. The first kappa shape index (κ1) is 17.9. The Morgan fingerprint density at radius 3 is 2.54 bits per heavy atom. The fraction of sp³-hybridized carbons (Fsp3) is 0.0833. The molecule has 1 aromatic heterocycles. The van der Waals surface area contributed by atoms with Crippen LogP contribution < -0.4 is 5.32 Å². The molecule has 28 heavy (non-hydrogen) atoms. The molecule has 0 saturated heterocycles. The van der Waals surface area contributed by atoms with E-state index in [1.807, 2.05) is 78.9 Å². The minimum Gasteiger partial charge on any atom is -0.387 e. The third-order valence-corrected chi connectivity index (χ3v) is 4.66. The van der Waals surface area contributed by atoms with Gasteiger partial charge in [-0.25, -0.2) is 4.98 Å². The van der Waals surface area contributed by atoms with Crippen molar-refractivity contribution >= 4 is 16.8 Å². The van der Waals surface area contributed by atoms with Gasteiger partial charge in [0.15, 0.2) is 0 Å². The number of aliphatic hydroxyl groups is 1. The maximum absolute atomic E-state index is 12.2. The Labute approximate surface area is 163 Å². The van der Waals surface area contributed by atoms with Crippen LogP contribution in [0.2, 0.25) is 0 Å². The average molecular weight is 368 g/mol. The van der Waals surface area contributed by atoms with Gasteiger partial charge in [0.25, 0.3) is 5.91 Å². The quantitative estimate of drug-likeness (QED) is 0.550. The van der Waals surface area contributed by atoms with E-state index in [1.165, 1.54) is 0 Å². The highest BCUT2D eigenvalue weighted by Gasteiger charge is 2.12. The smallest absolute Gasteiger partial charge is 0.251 e. The summed E-state index contributed by atoms with van der Waals surface area (Å²) in [5.41, 5.74) is 4.02. The largest absolute Gasteiger partial charge is 0.387 e. The molecule has 0 radical (unpaired) electrons. The molecule has 1 atom stereocenters. The zero-order valence-corrected chi connectivity index (χ0v) is 15.2. The van der Waals surface area contributed by atoms with Crippen LogP contribution in [0, 0.1) is 0 Å². The number of amides is 1. The Bertz CT molecular complexity index is 1110. The molecule has 0 aliphatic rings. The van der Waals surface area contributed by atoms with Gasteiger partial charge < -0.3 is 10.4 Å². The van der Waals surface area contributed by atoms with E-state index < -0.39 is 6.10 Å². The zero-order valence-electron chi connectivity index (χ0n) is 15.2. The molecule has 0 aliphatic heterocycles. The van der Waals surface area contributed by atoms with E-state index in [0.717, 1.165) is 27.7 Å². The first-order valence-corrected chi connectivity index (χ1v) is 9.18. The minimum absolute atomic E-state index is 0.141. The van der Waals surface area contributed by atoms with Gasteiger partial charge in [-0.05, 0) is 35.9 Å². The Balaban J connectivity index is 1.50. The van der Waals surface area contributed by atoms with Gasteiger partial charge in [-0.2, -0.15) is 0 Å². The summed E-state index contributed by atoms with van der Waals surface area (Å²) in [6.45, 7) is 0.141. The second-order valence-electron chi connectivity index (χ2n) is 6.61. The first-order valence-electron chi connectivity index (χ1n) is 9.18. The molecule has 4 rings (SSSR count). The number of aromatic nitrogens is 1. The van der Waals surface area contributed by atoms with Gasteiger partial charge in [0.05, 0.1) is 17.3 Å². The van der Waals surface area contributed by atoms with Crippen LogP contribution in [0.1, 0.15) is 22.0 Å². The Hall–Kier alpha value is -3.50. The highest BCUT2D eigenvalue weighted by molar-refractivity contribution is 5.94. The molecule has 2 N–H and O–H groups in total. The lowest BCUT2D eigenvalue weighted by molar-refractivity contribution is 0.0916. The van der Waals surface area contributed by atoms with Gasteiger partial charge in [0.1, 0.15) is 0 Å². The summed E-state index contributed by atoms with van der Waals surface area (Å²) in [6.07, 6.45) is -0.798. The van der Waals surface area contributed by atoms with E-state index in [2.05, 4.69) is 5.32 Å². The number of fused-ring (bicyclic) bond motifs is 1. The van der Waals surface area contributed by atoms with Gasteiger partial charge in [-0.3, -0.25) is 4.79 Å². The average Bonchev–Trinajstić information content (AvgIpc) is 2.77. The summed E-state index contributed by atoms with van der Waals surface area (Å²) in [5.74, 6) is -0.202. The molecule has 4 aromatic rings. The van der Waals surface area contributed by atoms with E-state index >= 15 is 0 Å². The van der Waals surface area contributed by atoms with E-state index in [1.54, 1.807) is 12.1 Å². The summed E-state index contributed by atoms with van der Waals surface area (Å²) in [5, 5.41) is 14.4. The summed E-state index contributed by atoms with van der Waals surface area (Å²) >= 11 is 0. The molecule has 1 unspecified atom stereocenters. The predicted octanol–water partition coefficient (Wildman–Crippen LogP) is 4.37. The SMILES string of the molecule is O=C(NCC(O)c1cccc(-c2ccc3ccccc3n2)c1)c1ccccc1. The summed E-state index contributed by atoms with van der Waals surface area (Å²) in [6, 6.07) is 28.6. The normalized spacial score (nSPS) is 11.9. The molecular weight excluding hydrogens is 348 g/mol. The standard InChI is InChI=1S/C24H20N2O2/c27-23(16-25-24(28)18-8-2-1-3-9-18)20-11-6-10-19(15-20)22-14-13-17-7-4-5-12-21(17)26-22/h1-15,23,27H,16H2,(H,25,28). The molecule has 0 bridgehead atoms. The van der Waals surface area contributed by atoms with E-state index in [0.29, 0.717) is 5.56 Å². The summed E-state index contributed by atoms with van der Waals surface area (Å²) < 4.78 is 0. The highest BCUT2D eigenvalue weighted by Crippen LogP contribution is 2.24. The molecular formula is C24H20N2O2. The van der Waals surface area contributed by atoms with Gasteiger partial charge in [0, 0.05) is 23.1 Å². The Kier molecular flexibility index (Phi) is 5.13. The molecule has 1 amide bonds. The molecule has 1 heterocycles. The molecule has 4 nitrogen and oxygen atoms in total. The highest BCUT2D eigenvalue weighted by atomic mass is 16.3. The number of carbonyl (C=O) groups is 1. The maximum Gasteiger partial charge on any atom is 0.251 e. The third kappa shape index (κ3) is 3.92. The number of hydrogen-bond donors (Lipinski definition) is 2. The van der Waals surface area contributed by atoms with Gasteiger partial charge in [-0.15, -0.1) is 0 Å². The van der Waals surface area contributed by atoms with E-state index in [-0.39, 0.29) is 12.5 Å². The molecule has 0 fully saturated rings. The zero-order chi connectivity index (χ0) is 19.3. The predicted molar refractivity (Wildman–Crippen MR) is 111 cm³/mol. The Morgan fingerprint density at radius 1 is 0.893 bits per heavy atom. The Morgan fingerprint density at radius 2 is 1.68 bits per heavy atom. The number of benzene rings is 3. The number of carbonyl (C=O) groups excluding carboxylic acids is 1. The van der Waals surface area contributed by atoms with Crippen molar-refractivity contribution < 1.29 is 9.90 Å². The van der Waals surface area contributed by atoms with Crippen molar-refractivity contribution in [2.75, 3.05) is 6.54 Å². The fourth-order valence-corrected chi connectivity index (χ4v) is 3.13. The second-order valence-corrected chi connectivity index (χ2v) is 6.61. The number of para-hydroxylation sites is 1. The van der Waals surface area contributed by atoms with E-state index in [4.69, 9.17) is 4.98 Å². The van der Waals surface area contributed by atoms with Crippen LogP contribution in [-0.2, 0) is 0 Å². The first-order chi connectivity index (χ1) is 13.7. The lowest BCUT2D eigenvalue weighted by Crippen LogP contribution is -2.28. The molecule has 4 heteroatoms. The van der Waals surface area contributed by atoms with Crippen LogP contribution in [0.5, 0.6) is 0 Å². The number of pyridine rings is 1. The third-order valence-electron chi connectivity index (χ3n) is 4.66. The summed E-state index contributed by atoms with van der Waals surface area (Å²) in [7, 11) is 0. The van der Waals surface area contributed by atoms with Crippen LogP contribution in [0.25, 0.3) is 22.2 Å². The van der Waals surface area contributed by atoms with Crippen molar-refractivity contribution in [3.05, 3.63) is 102 Å². The van der Waals surface area contributed by atoms with Gasteiger partial charge in [0.2, 0.25) is 0 Å². The number of hydrogen-bond acceptors (Lipinski definition) is 3. The van der Waals surface area contributed by atoms with Crippen molar-refractivity contribution in [1.29, 1.82) is 0 Å². The summed E-state index contributed by atoms with van der Waals surface area (Å²) in [4.78, 5) is 16.9. The minimum atomic E-state index is -0.798. The van der Waals surface area contributed by atoms with Crippen LogP contribution in [0.3, 0.4) is 0 Å². The van der Waals surface area contributed by atoms with Crippen molar-refractivity contribution in [3.8, 4) is 11.3 Å². The van der Waals surface area contributed by atoms with Gasteiger partial charge in [-0.1, -0.05) is 60.7 Å². The van der Waals surface area contributed by atoms with Crippen molar-refractivity contribution in [2.45, 2.75) is 6.10 Å². The monoisotopic (exact) mass is 368 g/mol. The van der Waals surface area contributed by atoms with Crippen molar-refractivity contribution in [1.82, 2.24) is 10.3 Å². The van der Waals surface area contributed by atoms with Gasteiger partial charge >= 0.3 is 0 Å². The molecule has 0 aliphatic carbocycles. The molecule has 0 spiro atoms. The van der Waals surface area contributed by atoms with Crippen molar-refractivity contribution in [3.63, 3.8) is 0 Å². The molecule has 0 saturated carbocycles. The van der Waals surface area contributed by atoms with E-state index in [9.17, 15) is 9.90 Å².